The van der Waals surface area contributed by atoms with Crippen LogP contribution in [0.1, 0.15) is 11.4 Å². The van der Waals surface area contributed by atoms with Crippen LogP contribution in [0.3, 0.4) is 0 Å². The molecule has 0 aliphatic carbocycles. The first kappa shape index (κ1) is 20.1. The Morgan fingerprint density at radius 1 is 1.21 bits per heavy atom. The van der Waals surface area contributed by atoms with E-state index >= 15 is 0 Å². The fourth-order valence-electron chi connectivity index (χ4n) is 2.54. The second kappa shape index (κ2) is 9.03. The SMILES string of the molecule is CN=C(NCc1cc(Cl)cc(Cl)c1OC(F)F)NCc1nnc2ccccn12. The van der Waals surface area contributed by atoms with Crippen molar-refractivity contribution in [2.75, 3.05) is 7.05 Å². The summed E-state index contributed by atoms with van der Waals surface area (Å²) in [5.74, 6) is 0.977. The zero-order chi connectivity index (χ0) is 20.1. The lowest BCUT2D eigenvalue weighted by Gasteiger charge is -2.15. The van der Waals surface area contributed by atoms with Gasteiger partial charge in [0.1, 0.15) is 5.75 Å². The van der Waals surface area contributed by atoms with E-state index in [1.54, 1.807) is 7.05 Å². The molecule has 148 valence electrons. The average molecular weight is 429 g/mol. The Morgan fingerprint density at radius 3 is 2.75 bits per heavy atom. The van der Waals surface area contributed by atoms with Crippen molar-refractivity contribution in [3.05, 3.63) is 58.0 Å². The first-order valence-corrected chi connectivity index (χ1v) is 8.89. The molecule has 2 N–H and O–H groups in total. The zero-order valence-corrected chi connectivity index (χ0v) is 16.2. The number of hydrogen-bond donors (Lipinski definition) is 2. The van der Waals surface area contributed by atoms with Crippen LogP contribution >= 0.6 is 23.2 Å². The van der Waals surface area contributed by atoms with Crippen LogP contribution in [0.15, 0.2) is 41.5 Å². The summed E-state index contributed by atoms with van der Waals surface area (Å²) in [4.78, 5) is 4.10. The summed E-state index contributed by atoms with van der Waals surface area (Å²) in [6.45, 7) is -2.54. The molecule has 0 saturated carbocycles. The first-order valence-electron chi connectivity index (χ1n) is 8.14. The van der Waals surface area contributed by atoms with Gasteiger partial charge in [-0.1, -0.05) is 29.3 Å². The number of fused-ring (bicyclic) bond motifs is 1. The normalized spacial score (nSPS) is 11.9. The van der Waals surface area contributed by atoms with Gasteiger partial charge in [-0.15, -0.1) is 10.2 Å². The number of guanidine groups is 1. The van der Waals surface area contributed by atoms with Crippen molar-refractivity contribution in [2.24, 2.45) is 4.99 Å². The van der Waals surface area contributed by atoms with E-state index in [-0.39, 0.29) is 17.3 Å². The highest BCUT2D eigenvalue weighted by molar-refractivity contribution is 6.35. The molecule has 28 heavy (non-hydrogen) atoms. The second-order valence-corrected chi connectivity index (χ2v) is 6.42. The Kier molecular flexibility index (Phi) is 6.48. The lowest BCUT2D eigenvalue weighted by Crippen LogP contribution is -2.36. The minimum absolute atomic E-state index is 0.00229. The molecule has 0 spiro atoms. The molecule has 0 unspecified atom stereocenters. The van der Waals surface area contributed by atoms with Crippen molar-refractivity contribution in [2.45, 2.75) is 19.7 Å². The van der Waals surface area contributed by atoms with Crippen molar-refractivity contribution in [3.8, 4) is 5.75 Å². The molecule has 2 aromatic heterocycles. The van der Waals surface area contributed by atoms with Crippen molar-refractivity contribution >= 4 is 34.8 Å². The number of nitrogens with zero attached hydrogens (tertiary/aromatic N) is 4. The number of hydrogen-bond acceptors (Lipinski definition) is 4. The van der Waals surface area contributed by atoms with Crippen LogP contribution in [0.4, 0.5) is 8.78 Å². The highest BCUT2D eigenvalue weighted by Crippen LogP contribution is 2.33. The fourth-order valence-corrected chi connectivity index (χ4v) is 3.12. The van der Waals surface area contributed by atoms with Gasteiger partial charge in [-0.05, 0) is 24.3 Å². The molecule has 0 aliphatic heterocycles. The fraction of sp³-hybridized carbons (Fsp3) is 0.235. The molecule has 0 fully saturated rings. The van der Waals surface area contributed by atoms with Gasteiger partial charge in [0.05, 0.1) is 11.6 Å². The Hall–Kier alpha value is -2.65. The molecule has 7 nitrogen and oxygen atoms in total. The second-order valence-electron chi connectivity index (χ2n) is 5.58. The van der Waals surface area contributed by atoms with E-state index < -0.39 is 6.61 Å². The van der Waals surface area contributed by atoms with Crippen molar-refractivity contribution in [1.82, 2.24) is 25.2 Å². The summed E-state index contributed by atoms with van der Waals surface area (Å²) >= 11 is 12.0. The Bertz CT molecular complexity index is 995. The van der Waals surface area contributed by atoms with Crippen LogP contribution in [0.25, 0.3) is 5.65 Å². The topological polar surface area (TPSA) is 75.8 Å². The molecule has 0 saturated heterocycles. The molecule has 0 amide bonds. The number of alkyl halides is 2. The molecular weight excluding hydrogens is 413 g/mol. The molecule has 3 rings (SSSR count). The Labute approximate surface area is 169 Å². The Balaban J connectivity index is 1.67. The third-order valence-electron chi connectivity index (χ3n) is 3.76. The molecule has 11 heteroatoms. The van der Waals surface area contributed by atoms with E-state index in [4.69, 9.17) is 23.2 Å². The zero-order valence-electron chi connectivity index (χ0n) is 14.7. The molecule has 0 radical (unpaired) electrons. The van der Waals surface area contributed by atoms with Crippen LogP contribution < -0.4 is 15.4 Å². The lowest BCUT2D eigenvalue weighted by molar-refractivity contribution is -0.0504. The first-order chi connectivity index (χ1) is 13.5. The van der Waals surface area contributed by atoms with Gasteiger partial charge < -0.3 is 15.4 Å². The molecule has 0 bridgehead atoms. The predicted molar refractivity (Wildman–Crippen MR) is 103 cm³/mol. The number of ether oxygens (including phenoxy) is 1. The molecule has 2 heterocycles. The standard InChI is InChI=1S/C17H16Cl2F2N6O/c1-22-17(24-9-14-26-25-13-4-2-3-5-27(13)14)23-8-10-6-11(18)7-12(19)15(10)28-16(20)21/h2-7,16H,8-9H2,1H3,(H2,22,23,24). The number of halogens is 4. The Morgan fingerprint density at radius 2 is 2.00 bits per heavy atom. The summed E-state index contributed by atoms with van der Waals surface area (Å²) in [5, 5.41) is 14.6. The molecular formula is C17H16Cl2F2N6O. The van der Waals surface area contributed by atoms with Gasteiger partial charge in [0.2, 0.25) is 0 Å². The summed E-state index contributed by atoms with van der Waals surface area (Å²) in [6.07, 6.45) is 1.85. The van der Waals surface area contributed by atoms with Crippen LogP contribution in [-0.2, 0) is 13.1 Å². The number of aliphatic imine (C=N–C) groups is 1. The van der Waals surface area contributed by atoms with E-state index in [1.807, 2.05) is 28.8 Å². The van der Waals surface area contributed by atoms with Gasteiger partial charge in [-0.2, -0.15) is 8.78 Å². The van der Waals surface area contributed by atoms with Crippen molar-refractivity contribution in [3.63, 3.8) is 0 Å². The lowest BCUT2D eigenvalue weighted by atomic mass is 10.2. The van der Waals surface area contributed by atoms with E-state index in [1.165, 1.54) is 12.1 Å². The predicted octanol–water partition coefficient (Wildman–Crippen LogP) is 3.50. The number of nitrogens with one attached hydrogen (secondary N) is 2. The van der Waals surface area contributed by atoms with Gasteiger partial charge in [-0.3, -0.25) is 9.39 Å². The van der Waals surface area contributed by atoms with Crippen LogP contribution in [0.2, 0.25) is 10.0 Å². The van der Waals surface area contributed by atoms with Gasteiger partial charge in [0.25, 0.3) is 0 Å². The molecule has 3 aromatic rings. The third-order valence-corrected chi connectivity index (χ3v) is 4.26. The highest BCUT2D eigenvalue weighted by Gasteiger charge is 2.16. The molecule has 0 atom stereocenters. The number of aromatic nitrogens is 3. The third kappa shape index (κ3) is 4.79. The van der Waals surface area contributed by atoms with Crippen LogP contribution in [-0.4, -0.2) is 34.2 Å². The maximum absolute atomic E-state index is 12.7. The van der Waals surface area contributed by atoms with Crippen LogP contribution in [0, 0.1) is 0 Å². The quantitative estimate of drug-likeness (QED) is 0.464. The average Bonchev–Trinajstić information content (AvgIpc) is 3.07. The van der Waals surface area contributed by atoms with Gasteiger partial charge in [0.15, 0.2) is 17.4 Å². The maximum Gasteiger partial charge on any atom is 0.387 e. The number of pyridine rings is 1. The van der Waals surface area contributed by atoms with Crippen LogP contribution in [0.5, 0.6) is 5.75 Å². The number of benzene rings is 1. The van der Waals surface area contributed by atoms with E-state index in [2.05, 4.69) is 30.6 Å². The summed E-state index contributed by atoms with van der Waals surface area (Å²) in [5.41, 5.74) is 1.10. The largest absolute Gasteiger partial charge is 0.433 e. The van der Waals surface area contributed by atoms with E-state index in [9.17, 15) is 8.78 Å². The van der Waals surface area contributed by atoms with Crippen molar-refractivity contribution < 1.29 is 13.5 Å². The molecule has 0 aliphatic rings. The maximum atomic E-state index is 12.7. The summed E-state index contributed by atoms with van der Waals surface area (Å²) < 4.78 is 31.7. The number of rotatable bonds is 6. The van der Waals surface area contributed by atoms with E-state index in [0.717, 1.165) is 5.65 Å². The van der Waals surface area contributed by atoms with Gasteiger partial charge in [-0.25, -0.2) is 0 Å². The van der Waals surface area contributed by atoms with E-state index in [0.29, 0.717) is 28.9 Å². The minimum Gasteiger partial charge on any atom is -0.433 e. The summed E-state index contributed by atoms with van der Waals surface area (Å²) in [7, 11) is 1.58. The summed E-state index contributed by atoms with van der Waals surface area (Å²) in [6, 6.07) is 8.43. The smallest absolute Gasteiger partial charge is 0.387 e. The minimum atomic E-state index is -3.00. The monoisotopic (exact) mass is 428 g/mol. The van der Waals surface area contributed by atoms with Gasteiger partial charge >= 0.3 is 6.61 Å². The van der Waals surface area contributed by atoms with Crippen molar-refractivity contribution in [1.29, 1.82) is 0 Å². The molecule has 1 aromatic carbocycles. The van der Waals surface area contributed by atoms with Gasteiger partial charge in [0, 0.05) is 30.4 Å². The highest BCUT2D eigenvalue weighted by atomic mass is 35.5.